The molecular formula is C22H26N2O4S. The molecular weight excluding hydrogens is 388 g/mol. The van der Waals surface area contributed by atoms with E-state index in [-0.39, 0.29) is 22.1 Å². The molecule has 1 aromatic carbocycles. The van der Waals surface area contributed by atoms with E-state index in [1.54, 1.807) is 31.2 Å². The average Bonchev–Trinajstić information content (AvgIpc) is 3.01. The molecule has 6 rings (SSSR count). The van der Waals surface area contributed by atoms with E-state index in [1.165, 1.54) is 25.5 Å². The van der Waals surface area contributed by atoms with Gasteiger partial charge in [-0.1, -0.05) is 17.3 Å². The summed E-state index contributed by atoms with van der Waals surface area (Å²) in [5.41, 5.74) is 1.87. The molecule has 2 aromatic rings. The van der Waals surface area contributed by atoms with E-state index in [0.29, 0.717) is 11.3 Å². The van der Waals surface area contributed by atoms with Crippen molar-refractivity contribution in [3.05, 3.63) is 35.7 Å². The number of aryl methyl sites for hydroxylation is 1. The predicted octanol–water partition coefficient (Wildman–Crippen LogP) is 3.75. The summed E-state index contributed by atoms with van der Waals surface area (Å²) >= 11 is 0. The third-order valence-corrected chi connectivity index (χ3v) is 8.19. The molecule has 0 unspecified atom stereocenters. The summed E-state index contributed by atoms with van der Waals surface area (Å²) in [6.07, 6.45) is 8.32. The number of rotatable bonds is 4. The topological polar surface area (TPSA) is 89.3 Å². The van der Waals surface area contributed by atoms with E-state index in [2.05, 4.69) is 10.5 Å². The van der Waals surface area contributed by atoms with Gasteiger partial charge in [0.25, 0.3) is 5.91 Å². The van der Waals surface area contributed by atoms with Gasteiger partial charge in [-0.2, -0.15) is 0 Å². The van der Waals surface area contributed by atoms with Gasteiger partial charge < -0.3 is 9.84 Å². The molecule has 7 heteroatoms. The minimum atomic E-state index is -3.27. The van der Waals surface area contributed by atoms with Crippen LogP contribution in [0.5, 0.6) is 0 Å². The van der Waals surface area contributed by atoms with Gasteiger partial charge in [-0.15, -0.1) is 0 Å². The SMILES string of the molecule is Cc1noc(C(=O)NC23CC4CC(CC(C4)C2)C3)c1-c1ccc(S(C)(=O)=O)cc1. The highest BCUT2D eigenvalue weighted by atomic mass is 32.2. The number of carbonyl (C=O) groups excluding carboxylic acids is 1. The molecule has 4 saturated carbocycles. The van der Waals surface area contributed by atoms with Crippen LogP contribution in [0.3, 0.4) is 0 Å². The molecule has 1 heterocycles. The Balaban J connectivity index is 1.43. The Morgan fingerprint density at radius 1 is 1.07 bits per heavy atom. The van der Waals surface area contributed by atoms with Crippen LogP contribution in [0.15, 0.2) is 33.7 Å². The third kappa shape index (κ3) is 3.29. The third-order valence-electron chi connectivity index (χ3n) is 7.06. The molecule has 4 bridgehead atoms. The van der Waals surface area contributed by atoms with Crippen molar-refractivity contribution in [2.45, 2.75) is 55.9 Å². The summed E-state index contributed by atoms with van der Waals surface area (Å²) in [5.74, 6) is 2.21. The molecule has 0 radical (unpaired) electrons. The lowest BCUT2D eigenvalue weighted by atomic mass is 9.53. The maximum absolute atomic E-state index is 13.2. The first-order valence-electron chi connectivity index (χ1n) is 10.3. The van der Waals surface area contributed by atoms with Crippen molar-refractivity contribution in [3.8, 4) is 11.1 Å². The normalized spacial score (nSPS) is 30.5. The fourth-order valence-electron chi connectivity index (χ4n) is 6.29. The second kappa shape index (κ2) is 6.42. The lowest BCUT2D eigenvalue weighted by molar-refractivity contribution is -0.0172. The van der Waals surface area contributed by atoms with Crippen molar-refractivity contribution in [1.29, 1.82) is 0 Å². The number of nitrogens with zero attached hydrogens (tertiary/aromatic N) is 1. The van der Waals surface area contributed by atoms with Crippen LogP contribution < -0.4 is 5.32 Å². The molecule has 0 aliphatic heterocycles. The summed E-state index contributed by atoms with van der Waals surface area (Å²) in [6, 6.07) is 6.52. The Bertz CT molecular complexity index is 1030. The largest absolute Gasteiger partial charge is 0.350 e. The lowest BCUT2D eigenvalue weighted by Crippen LogP contribution is -2.59. The molecule has 4 aliphatic carbocycles. The van der Waals surface area contributed by atoms with Crippen molar-refractivity contribution in [2.24, 2.45) is 17.8 Å². The van der Waals surface area contributed by atoms with Crippen LogP contribution in [-0.4, -0.2) is 31.3 Å². The summed E-state index contributed by atoms with van der Waals surface area (Å²) < 4.78 is 28.9. The number of sulfone groups is 1. The summed E-state index contributed by atoms with van der Waals surface area (Å²) in [6.45, 7) is 1.80. The van der Waals surface area contributed by atoms with Crippen molar-refractivity contribution in [2.75, 3.05) is 6.26 Å². The fourth-order valence-corrected chi connectivity index (χ4v) is 6.93. The quantitative estimate of drug-likeness (QED) is 0.823. The van der Waals surface area contributed by atoms with Crippen LogP contribution in [0.4, 0.5) is 0 Å². The van der Waals surface area contributed by atoms with Gasteiger partial charge in [-0.3, -0.25) is 4.79 Å². The standard InChI is InChI=1S/C22H26N2O4S/c1-13-19(17-3-5-18(6-4-17)29(2,26)27)20(28-24-13)21(25)23-22-10-14-7-15(11-22)9-16(8-14)12-22/h3-6,14-16H,7-12H2,1-2H3,(H,23,25). The van der Waals surface area contributed by atoms with Gasteiger partial charge in [0.2, 0.25) is 5.76 Å². The minimum Gasteiger partial charge on any atom is -0.350 e. The second-order valence-corrected chi connectivity index (χ2v) is 11.4. The van der Waals surface area contributed by atoms with Gasteiger partial charge in [-0.05, 0) is 80.9 Å². The first-order valence-corrected chi connectivity index (χ1v) is 12.2. The number of amides is 1. The Labute approximate surface area is 171 Å². The zero-order valence-electron chi connectivity index (χ0n) is 16.8. The molecule has 0 atom stereocenters. The maximum atomic E-state index is 13.2. The molecule has 4 fully saturated rings. The first kappa shape index (κ1) is 18.9. The highest BCUT2D eigenvalue weighted by molar-refractivity contribution is 7.90. The Morgan fingerprint density at radius 2 is 1.62 bits per heavy atom. The molecule has 0 spiro atoms. The van der Waals surface area contributed by atoms with Crippen molar-refractivity contribution < 1.29 is 17.7 Å². The van der Waals surface area contributed by atoms with Gasteiger partial charge in [0, 0.05) is 11.8 Å². The number of aromatic nitrogens is 1. The van der Waals surface area contributed by atoms with Crippen LogP contribution >= 0.6 is 0 Å². The van der Waals surface area contributed by atoms with Crippen LogP contribution in [0.25, 0.3) is 11.1 Å². The number of hydrogen-bond acceptors (Lipinski definition) is 5. The maximum Gasteiger partial charge on any atom is 0.290 e. The van der Waals surface area contributed by atoms with E-state index in [9.17, 15) is 13.2 Å². The number of nitrogens with one attached hydrogen (secondary N) is 1. The molecule has 1 aromatic heterocycles. The minimum absolute atomic E-state index is 0.107. The summed E-state index contributed by atoms with van der Waals surface area (Å²) in [4.78, 5) is 13.5. The Hall–Kier alpha value is -2.15. The molecule has 4 aliphatic rings. The van der Waals surface area contributed by atoms with Gasteiger partial charge in [0.1, 0.15) is 0 Å². The lowest BCUT2D eigenvalue weighted by Gasteiger charge is -2.56. The number of benzene rings is 1. The molecule has 29 heavy (non-hydrogen) atoms. The average molecular weight is 415 g/mol. The molecule has 0 saturated heterocycles. The smallest absolute Gasteiger partial charge is 0.290 e. The van der Waals surface area contributed by atoms with Crippen LogP contribution in [-0.2, 0) is 9.84 Å². The Kier molecular flexibility index (Phi) is 4.18. The molecule has 6 nitrogen and oxygen atoms in total. The highest BCUT2D eigenvalue weighted by Gasteiger charge is 2.51. The van der Waals surface area contributed by atoms with E-state index in [4.69, 9.17) is 4.52 Å². The zero-order valence-corrected chi connectivity index (χ0v) is 17.6. The van der Waals surface area contributed by atoms with Gasteiger partial charge in [0.15, 0.2) is 9.84 Å². The molecule has 154 valence electrons. The fraction of sp³-hybridized carbons (Fsp3) is 0.545. The van der Waals surface area contributed by atoms with E-state index >= 15 is 0 Å². The van der Waals surface area contributed by atoms with E-state index in [0.717, 1.165) is 42.6 Å². The summed E-state index contributed by atoms with van der Waals surface area (Å²) in [5, 5.41) is 7.36. The molecule has 1 amide bonds. The van der Waals surface area contributed by atoms with Gasteiger partial charge >= 0.3 is 0 Å². The van der Waals surface area contributed by atoms with Crippen LogP contribution in [0.1, 0.15) is 54.8 Å². The Morgan fingerprint density at radius 3 is 2.14 bits per heavy atom. The highest BCUT2D eigenvalue weighted by Crippen LogP contribution is 2.55. The zero-order chi connectivity index (χ0) is 20.4. The van der Waals surface area contributed by atoms with Crippen molar-refractivity contribution in [1.82, 2.24) is 10.5 Å². The van der Waals surface area contributed by atoms with Crippen LogP contribution in [0, 0.1) is 24.7 Å². The predicted molar refractivity (Wildman–Crippen MR) is 108 cm³/mol. The monoisotopic (exact) mass is 414 g/mol. The van der Waals surface area contributed by atoms with Gasteiger partial charge in [-0.25, -0.2) is 8.42 Å². The number of carbonyl (C=O) groups is 1. The second-order valence-electron chi connectivity index (χ2n) is 9.42. The number of hydrogen-bond donors (Lipinski definition) is 1. The van der Waals surface area contributed by atoms with E-state index in [1.807, 2.05) is 0 Å². The van der Waals surface area contributed by atoms with Crippen molar-refractivity contribution in [3.63, 3.8) is 0 Å². The van der Waals surface area contributed by atoms with Crippen LogP contribution in [0.2, 0.25) is 0 Å². The molecule has 1 N–H and O–H groups in total. The van der Waals surface area contributed by atoms with Gasteiger partial charge in [0.05, 0.1) is 16.2 Å². The van der Waals surface area contributed by atoms with E-state index < -0.39 is 9.84 Å². The summed E-state index contributed by atoms with van der Waals surface area (Å²) in [7, 11) is -3.27. The first-order chi connectivity index (χ1) is 13.7. The van der Waals surface area contributed by atoms with Crippen molar-refractivity contribution >= 4 is 15.7 Å².